The van der Waals surface area contributed by atoms with Gasteiger partial charge in [-0.05, 0) is 42.5 Å². The van der Waals surface area contributed by atoms with Crippen LogP contribution in [0.4, 0.5) is 5.13 Å². The fourth-order valence-electron chi connectivity index (χ4n) is 2.15. The Morgan fingerprint density at radius 2 is 2.00 bits per heavy atom. The monoisotopic (exact) mass is 403 g/mol. The minimum absolute atomic E-state index is 0.176. The standard InChI is InChI=1S/C18H14ClN3O2S2/c1-24-14-4-2-3-12(9-14)16(23)21-17(25)22-18-20-15(10-26-18)11-5-7-13(19)8-6-11/h2-10H,1H3,(H2,20,21,22,23,25). The van der Waals surface area contributed by atoms with Crippen LogP contribution in [0, 0.1) is 0 Å². The molecule has 0 spiro atoms. The van der Waals surface area contributed by atoms with Crippen molar-refractivity contribution in [3.8, 4) is 17.0 Å². The predicted molar refractivity (Wildman–Crippen MR) is 109 cm³/mol. The fourth-order valence-corrected chi connectivity index (χ4v) is 3.26. The lowest BCUT2D eigenvalue weighted by Gasteiger charge is -2.08. The highest BCUT2D eigenvalue weighted by Crippen LogP contribution is 2.26. The van der Waals surface area contributed by atoms with Gasteiger partial charge in [-0.1, -0.05) is 29.8 Å². The molecule has 0 radical (unpaired) electrons. The van der Waals surface area contributed by atoms with E-state index in [-0.39, 0.29) is 11.0 Å². The number of aromatic nitrogens is 1. The maximum Gasteiger partial charge on any atom is 0.257 e. The van der Waals surface area contributed by atoms with Gasteiger partial charge in [-0.3, -0.25) is 10.1 Å². The number of benzene rings is 2. The van der Waals surface area contributed by atoms with Crippen LogP contribution in [0.5, 0.6) is 5.75 Å². The zero-order chi connectivity index (χ0) is 18.5. The van der Waals surface area contributed by atoms with Crippen LogP contribution in [0.3, 0.4) is 0 Å². The van der Waals surface area contributed by atoms with E-state index in [9.17, 15) is 4.79 Å². The Balaban J connectivity index is 1.63. The number of nitrogens with zero attached hydrogens (tertiary/aromatic N) is 1. The molecule has 0 aliphatic heterocycles. The van der Waals surface area contributed by atoms with E-state index in [1.807, 2.05) is 29.6 Å². The number of halogens is 1. The average Bonchev–Trinajstić information content (AvgIpc) is 3.10. The van der Waals surface area contributed by atoms with E-state index >= 15 is 0 Å². The van der Waals surface area contributed by atoms with Gasteiger partial charge in [0, 0.05) is 21.5 Å². The summed E-state index contributed by atoms with van der Waals surface area (Å²) < 4.78 is 5.11. The summed E-state index contributed by atoms with van der Waals surface area (Å²) in [6.45, 7) is 0. The van der Waals surface area contributed by atoms with E-state index in [0.29, 0.717) is 21.5 Å². The van der Waals surface area contributed by atoms with Crippen LogP contribution in [0.25, 0.3) is 11.3 Å². The van der Waals surface area contributed by atoms with Crippen molar-refractivity contribution in [3.63, 3.8) is 0 Å². The van der Waals surface area contributed by atoms with E-state index in [0.717, 1.165) is 11.3 Å². The quantitative estimate of drug-likeness (QED) is 0.623. The summed E-state index contributed by atoms with van der Waals surface area (Å²) in [5.41, 5.74) is 2.20. The molecule has 3 aromatic rings. The van der Waals surface area contributed by atoms with Gasteiger partial charge in [0.05, 0.1) is 12.8 Å². The number of nitrogens with one attached hydrogen (secondary N) is 2. The molecule has 26 heavy (non-hydrogen) atoms. The molecule has 1 heterocycles. The lowest BCUT2D eigenvalue weighted by molar-refractivity contribution is 0.0977. The summed E-state index contributed by atoms with van der Waals surface area (Å²) in [6, 6.07) is 14.2. The molecule has 1 amide bonds. The minimum Gasteiger partial charge on any atom is -0.497 e. The number of rotatable bonds is 4. The van der Waals surface area contributed by atoms with Gasteiger partial charge in [0.2, 0.25) is 0 Å². The zero-order valence-corrected chi connectivity index (χ0v) is 16.0. The molecule has 0 aliphatic rings. The minimum atomic E-state index is -0.323. The largest absolute Gasteiger partial charge is 0.497 e. The van der Waals surface area contributed by atoms with Crippen molar-refractivity contribution >= 4 is 51.3 Å². The number of hydrogen-bond donors (Lipinski definition) is 2. The van der Waals surface area contributed by atoms with Crippen molar-refractivity contribution in [3.05, 3.63) is 64.5 Å². The third-order valence-corrected chi connectivity index (χ3v) is 4.64. The van der Waals surface area contributed by atoms with Crippen LogP contribution in [0.1, 0.15) is 10.4 Å². The molecule has 2 aromatic carbocycles. The van der Waals surface area contributed by atoms with Crippen LogP contribution in [-0.4, -0.2) is 23.1 Å². The maximum absolute atomic E-state index is 12.2. The number of carbonyl (C=O) groups is 1. The number of anilines is 1. The van der Waals surface area contributed by atoms with Crippen molar-refractivity contribution < 1.29 is 9.53 Å². The van der Waals surface area contributed by atoms with Crippen LogP contribution < -0.4 is 15.4 Å². The maximum atomic E-state index is 12.2. The second-order valence-electron chi connectivity index (χ2n) is 5.18. The molecule has 1 aromatic heterocycles. The van der Waals surface area contributed by atoms with E-state index in [4.69, 9.17) is 28.6 Å². The van der Waals surface area contributed by atoms with E-state index in [1.54, 1.807) is 31.4 Å². The summed E-state index contributed by atoms with van der Waals surface area (Å²) in [4.78, 5) is 16.7. The third-order valence-electron chi connectivity index (χ3n) is 3.42. The summed E-state index contributed by atoms with van der Waals surface area (Å²) in [7, 11) is 1.55. The molecular formula is C18H14ClN3O2S2. The van der Waals surface area contributed by atoms with E-state index in [2.05, 4.69) is 15.6 Å². The smallest absolute Gasteiger partial charge is 0.257 e. The first kappa shape index (κ1) is 18.3. The second kappa shape index (κ2) is 8.27. The number of ether oxygens (including phenoxy) is 1. The summed E-state index contributed by atoms with van der Waals surface area (Å²) in [6.07, 6.45) is 0. The SMILES string of the molecule is COc1cccc(C(=O)NC(=S)Nc2nc(-c3ccc(Cl)cc3)cs2)c1. The van der Waals surface area contributed by atoms with Crippen LogP contribution in [-0.2, 0) is 0 Å². The van der Waals surface area contributed by atoms with Crippen LogP contribution in [0.15, 0.2) is 53.9 Å². The number of thiazole rings is 1. The van der Waals surface area contributed by atoms with Crippen LogP contribution in [0.2, 0.25) is 5.02 Å². The number of methoxy groups -OCH3 is 1. The Bertz CT molecular complexity index is 942. The molecule has 0 unspecified atom stereocenters. The first-order chi connectivity index (χ1) is 12.5. The molecule has 5 nitrogen and oxygen atoms in total. The highest BCUT2D eigenvalue weighted by Gasteiger charge is 2.11. The van der Waals surface area contributed by atoms with Crippen molar-refractivity contribution in [2.45, 2.75) is 0 Å². The highest BCUT2D eigenvalue weighted by atomic mass is 35.5. The van der Waals surface area contributed by atoms with Gasteiger partial charge >= 0.3 is 0 Å². The Labute approximate surface area is 165 Å². The van der Waals surface area contributed by atoms with Gasteiger partial charge in [-0.25, -0.2) is 4.98 Å². The second-order valence-corrected chi connectivity index (χ2v) is 6.89. The normalized spacial score (nSPS) is 10.2. The van der Waals surface area contributed by atoms with Crippen molar-refractivity contribution in [2.24, 2.45) is 0 Å². The van der Waals surface area contributed by atoms with Gasteiger partial charge < -0.3 is 10.1 Å². The molecule has 8 heteroatoms. The highest BCUT2D eigenvalue weighted by molar-refractivity contribution is 7.80. The number of hydrogen-bond acceptors (Lipinski definition) is 5. The summed E-state index contributed by atoms with van der Waals surface area (Å²) in [5, 5.41) is 8.89. The fraction of sp³-hybridized carbons (Fsp3) is 0.0556. The molecule has 0 atom stereocenters. The summed E-state index contributed by atoms with van der Waals surface area (Å²) >= 11 is 12.5. The van der Waals surface area contributed by atoms with Gasteiger partial charge in [0.1, 0.15) is 5.75 Å². The number of amides is 1. The predicted octanol–water partition coefficient (Wildman–Crippen LogP) is 4.60. The van der Waals surface area contributed by atoms with Crippen LogP contribution >= 0.6 is 35.2 Å². The lowest BCUT2D eigenvalue weighted by atomic mass is 10.2. The number of carbonyl (C=O) groups excluding carboxylic acids is 1. The van der Waals surface area contributed by atoms with Crippen molar-refractivity contribution in [1.29, 1.82) is 0 Å². The lowest BCUT2D eigenvalue weighted by Crippen LogP contribution is -2.34. The molecule has 0 fully saturated rings. The molecule has 3 rings (SSSR count). The van der Waals surface area contributed by atoms with Gasteiger partial charge in [0.25, 0.3) is 5.91 Å². The molecular weight excluding hydrogens is 390 g/mol. The first-order valence-corrected chi connectivity index (χ1v) is 9.19. The Kier molecular flexibility index (Phi) is 5.82. The first-order valence-electron chi connectivity index (χ1n) is 7.53. The topological polar surface area (TPSA) is 63.2 Å². The molecule has 0 bridgehead atoms. The zero-order valence-electron chi connectivity index (χ0n) is 13.7. The Morgan fingerprint density at radius 3 is 2.73 bits per heavy atom. The third kappa shape index (κ3) is 4.57. The molecule has 2 N–H and O–H groups in total. The Hall–Kier alpha value is -2.48. The van der Waals surface area contributed by atoms with Gasteiger partial charge in [0.15, 0.2) is 10.2 Å². The number of thiocarbonyl (C=S) groups is 1. The van der Waals surface area contributed by atoms with E-state index < -0.39 is 0 Å². The van der Waals surface area contributed by atoms with Crippen molar-refractivity contribution in [1.82, 2.24) is 10.3 Å². The molecule has 0 aliphatic carbocycles. The average molecular weight is 404 g/mol. The summed E-state index contributed by atoms with van der Waals surface area (Å²) in [5.74, 6) is 0.278. The van der Waals surface area contributed by atoms with Crippen molar-refractivity contribution in [2.75, 3.05) is 12.4 Å². The molecule has 0 saturated carbocycles. The van der Waals surface area contributed by atoms with Gasteiger partial charge in [-0.2, -0.15) is 0 Å². The van der Waals surface area contributed by atoms with Gasteiger partial charge in [-0.15, -0.1) is 11.3 Å². The molecule has 0 saturated heterocycles. The molecule has 132 valence electrons. The Morgan fingerprint density at radius 1 is 1.23 bits per heavy atom. The van der Waals surface area contributed by atoms with E-state index in [1.165, 1.54) is 11.3 Å².